The molecule has 0 saturated carbocycles. The molecule has 3 unspecified atom stereocenters. The van der Waals surface area contributed by atoms with Crippen molar-refractivity contribution in [2.75, 3.05) is 32.8 Å². The average molecular weight is 711 g/mol. The van der Waals surface area contributed by atoms with E-state index >= 15 is 0 Å². The summed E-state index contributed by atoms with van der Waals surface area (Å²) in [6, 6.07) is 0.0460. The number of carbonyl (C=O) groups is 3. The Balaban J connectivity index is 0. The largest absolute Gasteiger partial charge is 0.464 e. The highest BCUT2D eigenvalue weighted by molar-refractivity contribution is 5.77. The number of esters is 2. The first kappa shape index (κ1) is 48.4. The second-order valence-corrected chi connectivity index (χ2v) is 15.0. The summed E-state index contributed by atoms with van der Waals surface area (Å²) >= 11 is 0. The molecule has 0 radical (unpaired) electrons. The minimum Gasteiger partial charge on any atom is -0.464 e. The molecule has 0 aliphatic rings. The van der Waals surface area contributed by atoms with Crippen LogP contribution in [0.25, 0.3) is 0 Å². The molecule has 0 aliphatic heterocycles. The van der Waals surface area contributed by atoms with Gasteiger partial charge in [-0.05, 0) is 45.6 Å². The van der Waals surface area contributed by atoms with E-state index < -0.39 is 0 Å². The minimum atomic E-state index is -0.118. The Bertz CT molecular complexity index is 748. The van der Waals surface area contributed by atoms with Gasteiger partial charge in [0.25, 0.3) is 0 Å². The van der Waals surface area contributed by atoms with Gasteiger partial charge in [-0.3, -0.25) is 14.4 Å². The summed E-state index contributed by atoms with van der Waals surface area (Å²) in [6.45, 7) is 14.9. The SMILES string of the molecule is CCCCCCCCC(CCCCCC)C(=O)OCCN(CCOC(=O)C(CCCCCC)CCCCCCCC)C(=O)CC(C)NCCC.[HH]. The van der Waals surface area contributed by atoms with E-state index in [1.165, 1.54) is 89.9 Å². The van der Waals surface area contributed by atoms with E-state index in [4.69, 9.17) is 9.47 Å². The van der Waals surface area contributed by atoms with Gasteiger partial charge in [0.2, 0.25) is 5.91 Å². The van der Waals surface area contributed by atoms with Crippen LogP contribution < -0.4 is 5.32 Å². The maximum atomic E-state index is 13.4. The third-order valence-electron chi connectivity index (χ3n) is 10.1. The number of nitrogens with one attached hydrogen (secondary N) is 1. The van der Waals surface area contributed by atoms with Crippen molar-refractivity contribution in [3.63, 3.8) is 0 Å². The Kier molecular flexibility index (Phi) is 34.6. The maximum absolute atomic E-state index is 13.4. The first-order valence-corrected chi connectivity index (χ1v) is 21.7. The van der Waals surface area contributed by atoms with Gasteiger partial charge in [0.05, 0.1) is 24.9 Å². The molecule has 1 N–H and O–H groups in total. The fourth-order valence-electron chi connectivity index (χ4n) is 6.70. The molecule has 0 aromatic heterocycles. The van der Waals surface area contributed by atoms with Gasteiger partial charge < -0.3 is 19.7 Å². The van der Waals surface area contributed by atoms with Gasteiger partial charge in [0, 0.05) is 13.9 Å². The molecule has 0 spiro atoms. The number of hydrogen-bond acceptors (Lipinski definition) is 6. The normalized spacial score (nSPS) is 13.2. The molecule has 1 amide bonds. The van der Waals surface area contributed by atoms with Crippen LogP contribution in [0.1, 0.15) is 210 Å². The number of carbonyl (C=O) groups excluding carboxylic acids is 3. The van der Waals surface area contributed by atoms with Gasteiger partial charge in [0.15, 0.2) is 0 Å². The van der Waals surface area contributed by atoms with Crippen LogP contribution in [0.3, 0.4) is 0 Å². The molecule has 298 valence electrons. The maximum Gasteiger partial charge on any atom is 0.308 e. The number of rotatable bonds is 37. The Labute approximate surface area is 312 Å². The topological polar surface area (TPSA) is 84.9 Å². The van der Waals surface area contributed by atoms with E-state index in [0.29, 0.717) is 19.5 Å². The quantitative estimate of drug-likeness (QED) is 0.0510. The van der Waals surface area contributed by atoms with Crippen molar-refractivity contribution in [1.29, 1.82) is 0 Å². The summed E-state index contributed by atoms with van der Waals surface area (Å²) in [4.78, 5) is 41.7. The van der Waals surface area contributed by atoms with Crippen molar-refractivity contribution >= 4 is 17.8 Å². The van der Waals surface area contributed by atoms with Crippen LogP contribution >= 0.6 is 0 Å². The predicted octanol–water partition coefficient (Wildman–Crippen LogP) is 11.6. The van der Waals surface area contributed by atoms with Crippen LogP contribution in [0.4, 0.5) is 0 Å². The molecule has 0 aromatic rings. The van der Waals surface area contributed by atoms with Crippen LogP contribution in [0.5, 0.6) is 0 Å². The predicted molar refractivity (Wildman–Crippen MR) is 213 cm³/mol. The molecule has 0 fully saturated rings. The van der Waals surface area contributed by atoms with Crippen molar-refractivity contribution in [1.82, 2.24) is 10.2 Å². The fourth-order valence-corrected chi connectivity index (χ4v) is 6.70. The number of unbranched alkanes of at least 4 members (excludes halogenated alkanes) is 16. The lowest BCUT2D eigenvalue weighted by atomic mass is 9.94. The molecule has 50 heavy (non-hydrogen) atoms. The van der Waals surface area contributed by atoms with Crippen molar-refractivity contribution in [3.8, 4) is 0 Å². The molecule has 7 heteroatoms. The molecule has 0 heterocycles. The first-order chi connectivity index (χ1) is 24.3. The Morgan fingerprint density at radius 1 is 0.520 bits per heavy atom. The summed E-state index contributed by atoms with van der Waals surface area (Å²) in [5.74, 6) is -0.371. The standard InChI is InChI=1S/C43H84N2O5.H2/c1-7-12-16-20-22-26-30-39(28-24-18-14-9-3)42(47)49-35-33-45(41(46)37-38(6)44-32-11-5)34-36-50-43(48)40(29-25-19-15-10-4)31-27-23-21-17-13-8-2;/h38-40,44H,7-37H2,1-6H3;1H. The van der Waals surface area contributed by atoms with Crippen LogP contribution in [0, 0.1) is 11.8 Å². The Morgan fingerprint density at radius 3 is 1.22 bits per heavy atom. The molecular formula is C43H86N2O5. The molecule has 0 saturated heterocycles. The lowest BCUT2D eigenvalue weighted by molar-refractivity contribution is -0.152. The van der Waals surface area contributed by atoms with Crippen LogP contribution in [-0.2, 0) is 23.9 Å². The van der Waals surface area contributed by atoms with Gasteiger partial charge in [-0.25, -0.2) is 0 Å². The van der Waals surface area contributed by atoms with Gasteiger partial charge in [-0.2, -0.15) is 0 Å². The Hall–Kier alpha value is -1.63. The molecule has 0 bridgehead atoms. The zero-order chi connectivity index (χ0) is 37.1. The van der Waals surface area contributed by atoms with E-state index in [9.17, 15) is 14.4 Å². The minimum absolute atomic E-state index is 0. The molecular weight excluding hydrogens is 624 g/mol. The van der Waals surface area contributed by atoms with E-state index in [1.54, 1.807) is 4.90 Å². The van der Waals surface area contributed by atoms with Crippen LogP contribution in [0.2, 0.25) is 0 Å². The Morgan fingerprint density at radius 2 is 0.860 bits per heavy atom. The van der Waals surface area contributed by atoms with Crippen LogP contribution in [0.15, 0.2) is 0 Å². The molecule has 0 rings (SSSR count). The number of nitrogens with zero attached hydrogens (tertiary/aromatic N) is 1. The van der Waals surface area contributed by atoms with E-state index in [-0.39, 0.29) is 50.4 Å². The molecule has 0 aromatic carbocycles. The lowest BCUT2D eigenvalue weighted by Gasteiger charge is -2.25. The molecule has 3 atom stereocenters. The first-order valence-electron chi connectivity index (χ1n) is 21.7. The number of hydrogen-bond donors (Lipinski definition) is 1. The van der Waals surface area contributed by atoms with E-state index in [0.717, 1.165) is 77.2 Å². The lowest BCUT2D eigenvalue weighted by Crippen LogP contribution is -2.41. The third kappa shape index (κ3) is 28.0. The summed E-state index contributed by atoms with van der Waals surface area (Å²) in [5.41, 5.74) is 0. The zero-order valence-electron chi connectivity index (χ0n) is 34.1. The highest BCUT2D eigenvalue weighted by atomic mass is 16.5. The number of ether oxygens (including phenoxy) is 2. The molecule has 7 nitrogen and oxygen atoms in total. The monoisotopic (exact) mass is 711 g/mol. The third-order valence-corrected chi connectivity index (χ3v) is 10.1. The average Bonchev–Trinajstić information content (AvgIpc) is 3.11. The number of amides is 1. The second-order valence-electron chi connectivity index (χ2n) is 15.0. The van der Waals surface area contributed by atoms with Crippen molar-refractivity contribution < 1.29 is 25.3 Å². The summed E-state index contributed by atoms with van der Waals surface area (Å²) in [5, 5.41) is 3.41. The van der Waals surface area contributed by atoms with E-state index in [1.807, 2.05) is 6.92 Å². The molecule has 0 aliphatic carbocycles. The smallest absolute Gasteiger partial charge is 0.308 e. The highest BCUT2D eigenvalue weighted by Gasteiger charge is 2.23. The zero-order valence-corrected chi connectivity index (χ0v) is 34.1. The summed E-state index contributed by atoms with van der Waals surface area (Å²) < 4.78 is 11.7. The highest BCUT2D eigenvalue weighted by Crippen LogP contribution is 2.22. The summed E-state index contributed by atoms with van der Waals surface area (Å²) in [6.07, 6.45) is 28.6. The van der Waals surface area contributed by atoms with Gasteiger partial charge >= 0.3 is 11.9 Å². The van der Waals surface area contributed by atoms with E-state index in [2.05, 4.69) is 39.9 Å². The van der Waals surface area contributed by atoms with Gasteiger partial charge in [-0.15, -0.1) is 0 Å². The van der Waals surface area contributed by atoms with Crippen molar-refractivity contribution in [2.45, 2.75) is 215 Å². The fraction of sp³-hybridized carbons (Fsp3) is 0.930. The van der Waals surface area contributed by atoms with Crippen molar-refractivity contribution in [2.24, 2.45) is 11.8 Å². The summed E-state index contributed by atoms with van der Waals surface area (Å²) in [7, 11) is 0. The van der Waals surface area contributed by atoms with Crippen molar-refractivity contribution in [3.05, 3.63) is 0 Å². The second kappa shape index (κ2) is 35.8. The van der Waals surface area contributed by atoms with Gasteiger partial charge in [-0.1, -0.05) is 163 Å². The van der Waals surface area contributed by atoms with Gasteiger partial charge in [0.1, 0.15) is 13.2 Å². The van der Waals surface area contributed by atoms with Crippen LogP contribution in [-0.4, -0.2) is 61.6 Å².